The van der Waals surface area contributed by atoms with Gasteiger partial charge in [0, 0.05) is 25.5 Å². The first kappa shape index (κ1) is 11.2. The first-order valence-electron chi connectivity index (χ1n) is 4.87. The fraction of sp³-hybridized carbons (Fsp3) is 0.500. The van der Waals surface area contributed by atoms with E-state index in [0.29, 0.717) is 18.9 Å². The SMILES string of the molecule is CCN(CC(C)C#N)c1ncc[nH]c1=O. The van der Waals surface area contributed by atoms with Gasteiger partial charge in [-0.25, -0.2) is 4.98 Å². The van der Waals surface area contributed by atoms with Crippen LogP contribution in [0.4, 0.5) is 5.82 Å². The van der Waals surface area contributed by atoms with Gasteiger partial charge in [0.25, 0.3) is 5.56 Å². The maximum atomic E-state index is 11.4. The number of H-pyrrole nitrogens is 1. The minimum absolute atomic E-state index is 0.119. The zero-order valence-corrected chi connectivity index (χ0v) is 8.90. The topological polar surface area (TPSA) is 72.8 Å². The number of aromatic nitrogens is 2. The van der Waals surface area contributed by atoms with Crippen LogP contribution in [-0.2, 0) is 0 Å². The van der Waals surface area contributed by atoms with E-state index in [4.69, 9.17) is 5.26 Å². The van der Waals surface area contributed by atoms with Gasteiger partial charge in [0.05, 0.1) is 12.0 Å². The maximum Gasteiger partial charge on any atom is 0.290 e. The largest absolute Gasteiger partial charge is 0.351 e. The molecule has 0 fully saturated rings. The molecule has 0 aromatic carbocycles. The van der Waals surface area contributed by atoms with E-state index in [9.17, 15) is 4.79 Å². The van der Waals surface area contributed by atoms with E-state index in [2.05, 4.69) is 16.0 Å². The molecule has 1 heterocycles. The van der Waals surface area contributed by atoms with Gasteiger partial charge in [-0.15, -0.1) is 0 Å². The predicted molar refractivity (Wildman–Crippen MR) is 57.5 cm³/mol. The number of anilines is 1. The molecule has 0 saturated carbocycles. The smallest absolute Gasteiger partial charge is 0.290 e. The van der Waals surface area contributed by atoms with Crippen molar-refractivity contribution in [1.82, 2.24) is 9.97 Å². The van der Waals surface area contributed by atoms with Crippen molar-refractivity contribution in [3.63, 3.8) is 0 Å². The lowest BCUT2D eigenvalue weighted by molar-refractivity contribution is 0.675. The van der Waals surface area contributed by atoms with E-state index in [1.807, 2.05) is 13.8 Å². The highest BCUT2D eigenvalue weighted by atomic mass is 16.1. The van der Waals surface area contributed by atoms with Gasteiger partial charge >= 0.3 is 0 Å². The number of hydrogen-bond acceptors (Lipinski definition) is 4. The fourth-order valence-electron chi connectivity index (χ4n) is 1.31. The first-order chi connectivity index (χ1) is 7.19. The number of rotatable bonds is 4. The third-order valence-corrected chi connectivity index (χ3v) is 2.08. The Hall–Kier alpha value is -1.83. The molecular formula is C10H14N4O. The highest BCUT2D eigenvalue weighted by Gasteiger charge is 2.12. The summed E-state index contributed by atoms with van der Waals surface area (Å²) in [5.74, 6) is 0.258. The zero-order valence-electron chi connectivity index (χ0n) is 8.90. The van der Waals surface area contributed by atoms with Gasteiger partial charge in [0.1, 0.15) is 0 Å². The summed E-state index contributed by atoms with van der Waals surface area (Å²) in [7, 11) is 0. The number of nitriles is 1. The van der Waals surface area contributed by atoms with Gasteiger partial charge in [0.15, 0.2) is 5.82 Å². The Labute approximate surface area is 88.4 Å². The molecule has 0 aliphatic rings. The maximum absolute atomic E-state index is 11.4. The number of aromatic amines is 1. The summed E-state index contributed by atoms with van der Waals surface area (Å²) in [5, 5.41) is 8.71. The summed E-state index contributed by atoms with van der Waals surface area (Å²) in [6.07, 6.45) is 3.03. The summed E-state index contributed by atoms with van der Waals surface area (Å²) < 4.78 is 0. The van der Waals surface area contributed by atoms with Crippen molar-refractivity contribution in [2.24, 2.45) is 5.92 Å². The van der Waals surface area contributed by atoms with E-state index >= 15 is 0 Å². The number of nitrogens with zero attached hydrogens (tertiary/aromatic N) is 3. The van der Waals surface area contributed by atoms with Gasteiger partial charge in [-0.05, 0) is 13.8 Å². The Balaban J connectivity index is 2.89. The zero-order chi connectivity index (χ0) is 11.3. The normalized spacial score (nSPS) is 11.8. The van der Waals surface area contributed by atoms with E-state index in [0.717, 1.165) is 0 Å². The van der Waals surface area contributed by atoms with Crippen molar-refractivity contribution in [3.05, 3.63) is 22.7 Å². The van der Waals surface area contributed by atoms with E-state index in [-0.39, 0.29) is 11.5 Å². The average molecular weight is 206 g/mol. The molecule has 0 spiro atoms. The lowest BCUT2D eigenvalue weighted by Crippen LogP contribution is -2.33. The second kappa shape index (κ2) is 5.15. The van der Waals surface area contributed by atoms with Crippen LogP contribution in [0, 0.1) is 17.2 Å². The van der Waals surface area contributed by atoms with Crippen LogP contribution < -0.4 is 10.5 Å². The highest BCUT2D eigenvalue weighted by molar-refractivity contribution is 5.35. The Morgan fingerprint density at radius 3 is 3.00 bits per heavy atom. The molecule has 1 aromatic heterocycles. The van der Waals surface area contributed by atoms with E-state index < -0.39 is 0 Å². The van der Waals surface area contributed by atoms with Crippen molar-refractivity contribution < 1.29 is 0 Å². The lowest BCUT2D eigenvalue weighted by atomic mass is 10.2. The molecule has 0 amide bonds. The minimum atomic E-state index is -0.218. The molecule has 5 nitrogen and oxygen atoms in total. The van der Waals surface area contributed by atoms with Gasteiger partial charge in [-0.1, -0.05) is 0 Å². The summed E-state index contributed by atoms with van der Waals surface area (Å²) in [6, 6.07) is 2.14. The second-order valence-electron chi connectivity index (χ2n) is 3.31. The second-order valence-corrected chi connectivity index (χ2v) is 3.31. The van der Waals surface area contributed by atoms with Crippen molar-refractivity contribution >= 4 is 5.82 Å². The Bertz CT molecular complexity index is 406. The molecular weight excluding hydrogens is 192 g/mol. The van der Waals surface area contributed by atoms with Gasteiger partial charge in [0.2, 0.25) is 0 Å². The van der Waals surface area contributed by atoms with E-state index in [1.54, 1.807) is 4.90 Å². The van der Waals surface area contributed by atoms with Crippen LogP contribution in [0.3, 0.4) is 0 Å². The van der Waals surface area contributed by atoms with Gasteiger partial charge < -0.3 is 9.88 Å². The van der Waals surface area contributed by atoms with Crippen LogP contribution in [0.2, 0.25) is 0 Å². The summed E-state index contributed by atoms with van der Waals surface area (Å²) in [6.45, 7) is 4.93. The Morgan fingerprint density at radius 1 is 1.73 bits per heavy atom. The third kappa shape index (κ3) is 2.81. The molecule has 1 atom stereocenters. The standard InChI is InChI=1S/C10H14N4O/c1-3-14(7-8(2)6-11)9-10(15)13-5-4-12-9/h4-5,8H,3,7H2,1-2H3,(H,13,15). The monoisotopic (exact) mass is 206 g/mol. The molecule has 1 aromatic rings. The van der Waals surface area contributed by atoms with Crippen molar-refractivity contribution in [2.75, 3.05) is 18.0 Å². The number of hydrogen-bond donors (Lipinski definition) is 1. The molecule has 0 saturated heterocycles. The molecule has 1 rings (SSSR count). The highest BCUT2D eigenvalue weighted by Crippen LogP contribution is 2.05. The Morgan fingerprint density at radius 2 is 2.47 bits per heavy atom. The summed E-state index contributed by atoms with van der Waals surface area (Å²) in [5.41, 5.74) is -0.218. The first-order valence-corrected chi connectivity index (χ1v) is 4.87. The van der Waals surface area contributed by atoms with Crippen LogP contribution in [-0.4, -0.2) is 23.1 Å². The quantitative estimate of drug-likeness (QED) is 0.789. The molecule has 15 heavy (non-hydrogen) atoms. The fourth-order valence-corrected chi connectivity index (χ4v) is 1.31. The Kier molecular flexibility index (Phi) is 3.86. The molecule has 0 radical (unpaired) electrons. The van der Waals surface area contributed by atoms with Crippen molar-refractivity contribution in [3.8, 4) is 6.07 Å². The third-order valence-electron chi connectivity index (χ3n) is 2.08. The van der Waals surface area contributed by atoms with Crippen molar-refractivity contribution in [2.45, 2.75) is 13.8 Å². The van der Waals surface area contributed by atoms with Crippen LogP contribution in [0.25, 0.3) is 0 Å². The molecule has 5 heteroatoms. The van der Waals surface area contributed by atoms with E-state index in [1.165, 1.54) is 12.4 Å². The van der Waals surface area contributed by atoms with Gasteiger partial charge in [-0.3, -0.25) is 4.79 Å². The number of nitrogens with one attached hydrogen (secondary N) is 1. The van der Waals surface area contributed by atoms with Crippen molar-refractivity contribution in [1.29, 1.82) is 5.26 Å². The minimum Gasteiger partial charge on any atom is -0.351 e. The van der Waals surface area contributed by atoms with Crippen LogP contribution in [0.15, 0.2) is 17.2 Å². The van der Waals surface area contributed by atoms with Crippen LogP contribution >= 0.6 is 0 Å². The van der Waals surface area contributed by atoms with Gasteiger partial charge in [-0.2, -0.15) is 5.26 Å². The predicted octanol–water partition coefficient (Wildman–Crippen LogP) is 0.756. The molecule has 80 valence electrons. The lowest BCUT2D eigenvalue weighted by Gasteiger charge is -2.21. The average Bonchev–Trinajstić information content (AvgIpc) is 2.26. The molecule has 0 aliphatic carbocycles. The molecule has 1 N–H and O–H groups in total. The summed E-state index contributed by atoms with van der Waals surface area (Å²) >= 11 is 0. The summed E-state index contributed by atoms with van der Waals surface area (Å²) in [4.78, 5) is 19.8. The van der Waals surface area contributed by atoms with Crippen LogP contribution in [0.5, 0.6) is 0 Å². The molecule has 1 unspecified atom stereocenters. The van der Waals surface area contributed by atoms with Crippen LogP contribution in [0.1, 0.15) is 13.8 Å². The molecule has 0 bridgehead atoms. The molecule has 0 aliphatic heterocycles.